The van der Waals surface area contributed by atoms with E-state index in [-0.39, 0.29) is 0 Å². The molecule has 1 saturated carbocycles. The minimum Gasteiger partial charge on any atom is -0.378 e. The number of aromatic amines is 1. The quantitative estimate of drug-likeness (QED) is 0.809. The van der Waals surface area contributed by atoms with Gasteiger partial charge >= 0.3 is 0 Å². The second kappa shape index (κ2) is 7.06. The topological polar surface area (TPSA) is 52.1 Å². The molecule has 2 aromatic rings. The van der Waals surface area contributed by atoms with Crippen molar-refractivity contribution in [1.82, 2.24) is 14.9 Å². The van der Waals surface area contributed by atoms with Gasteiger partial charge in [0.05, 0.1) is 5.52 Å². The Hall–Kier alpha value is -1.83. The minimum absolute atomic E-state index is 0.622. The predicted molar refractivity (Wildman–Crippen MR) is 105 cm³/mol. The van der Waals surface area contributed by atoms with Crippen molar-refractivity contribution >= 4 is 10.9 Å². The monoisotopic (exact) mass is 351 g/mol. The van der Waals surface area contributed by atoms with Crippen LogP contribution in [-0.2, 0) is 0 Å². The Bertz CT molecular complexity index is 822. The number of nitrogens with zero attached hydrogens (tertiary/aromatic N) is 2. The van der Waals surface area contributed by atoms with Crippen molar-refractivity contribution in [3.63, 3.8) is 0 Å². The standard InChI is InChI=1S/C22H29N3O/c1-22(2,26)10-7-17-13-21-20(15-23-17)19(14-24-21)16-8-11-25(12-9-16)18-5-3-4-6-18/h13-16,18,24,26H,3-6,8-9,11-12H2,1-2H3. The molecule has 2 aromatic heterocycles. The molecule has 3 heterocycles. The van der Waals surface area contributed by atoms with E-state index in [0.717, 1.165) is 11.6 Å². The van der Waals surface area contributed by atoms with Crippen molar-refractivity contribution in [2.75, 3.05) is 13.1 Å². The van der Waals surface area contributed by atoms with Crippen molar-refractivity contribution in [1.29, 1.82) is 0 Å². The number of aliphatic hydroxyl groups is 1. The Morgan fingerprint density at radius 2 is 1.92 bits per heavy atom. The highest BCUT2D eigenvalue weighted by molar-refractivity contribution is 5.83. The lowest BCUT2D eigenvalue weighted by molar-refractivity contribution is 0.143. The van der Waals surface area contributed by atoms with Crippen LogP contribution in [0.4, 0.5) is 0 Å². The maximum absolute atomic E-state index is 9.75. The van der Waals surface area contributed by atoms with Gasteiger partial charge in [0.1, 0.15) is 11.3 Å². The molecule has 4 nitrogen and oxygen atoms in total. The highest BCUT2D eigenvalue weighted by atomic mass is 16.3. The molecule has 1 aliphatic carbocycles. The third kappa shape index (κ3) is 3.79. The number of rotatable bonds is 2. The van der Waals surface area contributed by atoms with E-state index in [1.54, 1.807) is 13.8 Å². The first-order chi connectivity index (χ1) is 12.5. The summed E-state index contributed by atoms with van der Waals surface area (Å²) in [6, 6.07) is 2.84. The zero-order chi connectivity index (χ0) is 18.1. The van der Waals surface area contributed by atoms with Crippen molar-refractivity contribution in [3.05, 3.63) is 29.7 Å². The lowest BCUT2D eigenvalue weighted by Gasteiger charge is -2.36. The summed E-state index contributed by atoms with van der Waals surface area (Å²) in [5, 5.41) is 11.0. The average Bonchev–Trinajstić information content (AvgIpc) is 3.29. The molecule has 2 fully saturated rings. The number of aromatic nitrogens is 2. The molecule has 0 amide bonds. The highest BCUT2D eigenvalue weighted by Gasteiger charge is 2.28. The lowest BCUT2D eigenvalue weighted by atomic mass is 9.89. The summed E-state index contributed by atoms with van der Waals surface area (Å²) in [4.78, 5) is 10.6. The molecule has 26 heavy (non-hydrogen) atoms. The van der Waals surface area contributed by atoms with Crippen molar-refractivity contribution < 1.29 is 5.11 Å². The first-order valence-corrected chi connectivity index (χ1v) is 9.96. The maximum atomic E-state index is 9.75. The normalized spacial score (nSPS) is 20.4. The number of H-pyrrole nitrogens is 1. The van der Waals surface area contributed by atoms with Crippen molar-refractivity contribution in [2.24, 2.45) is 0 Å². The average molecular weight is 351 g/mol. The van der Waals surface area contributed by atoms with Crippen LogP contribution in [0.1, 0.15) is 69.5 Å². The zero-order valence-corrected chi connectivity index (χ0v) is 15.9. The summed E-state index contributed by atoms with van der Waals surface area (Å²) >= 11 is 0. The van der Waals surface area contributed by atoms with Crippen LogP contribution in [0.15, 0.2) is 18.5 Å². The molecule has 138 valence electrons. The van der Waals surface area contributed by atoms with Crippen LogP contribution in [0.2, 0.25) is 0 Å². The number of likely N-dealkylation sites (tertiary alicyclic amines) is 1. The zero-order valence-electron chi connectivity index (χ0n) is 15.9. The first kappa shape index (κ1) is 17.6. The van der Waals surface area contributed by atoms with Crippen LogP contribution in [-0.4, -0.2) is 44.7 Å². The molecule has 0 atom stereocenters. The largest absolute Gasteiger partial charge is 0.378 e. The van der Waals surface area contributed by atoms with E-state index >= 15 is 0 Å². The van der Waals surface area contributed by atoms with Crippen LogP contribution >= 0.6 is 0 Å². The fourth-order valence-electron chi connectivity index (χ4n) is 4.51. The number of fused-ring (bicyclic) bond motifs is 1. The van der Waals surface area contributed by atoms with Gasteiger partial charge in [-0.1, -0.05) is 18.8 Å². The molecule has 2 aliphatic rings. The molecule has 1 saturated heterocycles. The number of hydrogen-bond donors (Lipinski definition) is 2. The number of piperidine rings is 1. The summed E-state index contributed by atoms with van der Waals surface area (Å²) < 4.78 is 0. The Morgan fingerprint density at radius 3 is 2.62 bits per heavy atom. The molecule has 2 N–H and O–H groups in total. The SMILES string of the molecule is CC(C)(O)C#Cc1cc2[nH]cc(C3CCN(C4CCCC4)CC3)c2cn1. The van der Waals surface area contributed by atoms with E-state index in [2.05, 4.69) is 32.9 Å². The predicted octanol–water partition coefficient (Wildman–Crippen LogP) is 3.81. The highest BCUT2D eigenvalue weighted by Crippen LogP contribution is 2.35. The van der Waals surface area contributed by atoms with E-state index in [0.29, 0.717) is 11.6 Å². The second-order valence-corrected chi connectivity index (χ2v) is 8.42. The van der Waals surface area contributed by atoms with E-state index in [9.17, 15) is 5.11 Å². The van der Waals surface area contributed by atoms with E-state index in [4.69, 9.17) is 0 Å². The van der Waals surface area contributed by atoms with Crippen LogP contribution in [0.25, 0.3) is 10.9 Å². The van der Waals surface area contributed by atoms with Gasteiger partial charge in [-0.2, -0.15) is 0 Å². The van der Waals surface area contributed by atoms with E-state index in [1.165, 1.54) is 62.6 Å². The number of nitrogens with one attached hydrogen (secondary N) is 1. The molecule has 0 bridgehead atoms. The first-order valence-electron chi connectivity index (χ1n) is 9.96. The molecule has 0 spiro atoms. The summed E-state index contributed by atoms with van der Waals surface area (Å²) in [5.41, 5.74) is 2.20. The van der Waals surface area contributed by atoms with Crippen LogP contribution < -0.4 is 0 Å². The van der Waals surface area contributed by atoms with Gasteiger partial charge in [-0.15, -0.1) is 0 Å². The fraction of sp³-hybridized carbons (Fsp3) is 0.591. The Balaban J connectivity index is 1.48. The molecule has 0 radical (unpaired) electrons. The lowest BCUT2D eigenvalue weighted by Crippen LogP contribution is -2.39. The van der Waals surface area contributed by atoms with Gasteiger partial charge in [0.25, 0.3) is 0 Å². The van der Waals surface area contributed by atoms with Gasteiger partial charge in [-0.3, -0.25) is 0 Å². The van der Waals surface area contributed by atoms with Gasteiger partial charge < -0.3 is 15.0 Å². The minimum atomic E-state index is -0.995. The molecular weight excluding hydrogens is 322 g/mol. The number of pyridine rings is 1. The third-order valence-electron chi connectivity index (χ3n) is 5.91. The maximum Gasteiger partial charge on any atom is 0.120 e. The van der Waals surface area contributed by atoms with Crippen molar-refractivity contribution in [2.45, 2.75) is 69.9 Å². The Morgan fingerprint density at radius 1 is 1.19 bits per heavy atom. The molecule has 1 aliphatic heterocycles. The van der Waals surface area contributed by atoms with E-state index < -0.39 is 5.60 Å². The van der Waals surface area contributed by atoms with Gasteiger partial charge in [-0.25, -0.2) is 4.98 Å². The van der Waals surface area contributed by atoms with Gasteiger partial charge in [0.15, 0.2) is 0 Å². The van der Waals surface area contributed by atoms with Crippen LogP contribution in [0.5, 0.6) is 0 Å². The summed E-state index contributed by atoms with van der Waals surface area (Å²) in [6.07, 6.45) is 12.2. The molecule has 4 rings (SSSR count). The smallest absolute Gasteiger partial charge is 0.120 e. The van der Waals surface area contributed by atoms with Crippen LogP contribution in [0, 0.1) is 11.8 Å². The molecule has 4 heteroatoms. The Labute approximate surface area is 156 Å². The number of hydrogen-bond acceptors (Lipinski definition) is 3. The molecule has 0 aromatic carbocycles. The summed E-state index contributed by atoms with van der Waals surface area (Å²) in [5.74, 6) is 6.41. The van der Waals surface area contributed by atoms with Crippen LogP contribution in [0.3, 0.4) is 0 Å². The van der Waals surface area contributed by atoms with Crippen molar-refractivity contribution in [3.8, 4) is 11.8 Å². The van der Waals surface area contributed by atoms with Gasteiger partial charge in [-0.05, 0) is 76.1 Å². The summed E-state index contributed by atoms with van der Waals surface area (Å²) in [7, 11) is 0. The Kier molecular flexibility index (Phi) is 4.77. The fourth-order valence-corrected chi connectivity index (χ4v) is 4.51. The molecule has 0 unspecified atom stereocenters. The molecular formula is C22H29N3O. The third-order valence-corrected chi connectivity index (χ3v) is 5.91. The van der Waals surface area contributed by atoms with Gasteiger partial charge in [0.2, 0.25) is 0 Å². The van der Waals surface area contributed by atoms with Gasteiger partial charge in [0, 0.05) is 23.8 Å². The second-order valence-electron chi connectivity index (χ2n) is 8.42. The van der Waals surface area contributed by atoms with E-state index in [1.807, 2.05) is 12.3 Å². The summed E-state index contributed by atoms with van der Waals surface area (Å²) in [6.45, 7) is 5.82.